The monoisotopic (exact) mass is 131 g/mol. The first kappa shape index (κ1) is 6.99. The molecule has 3 nitrogen and oxygen atoms in total. The molecule has 0 bridgehead atoms. The largest absolute Gasteiger partial charge is 0.218 e. The van der Waals surface area contributed by atoms with Gasteiger partial charge in [0.1, 0.15) is 0 Å². The first-order valence-corrected chi connectivity index (χ1v) is 3.51. The number of hydroxylamine groups is 1. The summed E-state index contributed by atoms with van der Waals surface area (Å²) in [5.41, 5.74) is 2.70. The molecule has 1 heterocycles. The Morgan fingerprint density at radius 2 is 1.89 bits per heavy atom. The SMILES string of the molecule is C1CCCOONCC1. The highest BCUT2D eigenvalue weighted by Crippen LogP contribution is 2.00. The molecule has 0 unspecified atom stereocenters. The van der Waals surface area contributed by atoms with Crippen molar-refractivity contribution in [3.05, 3.63) is 0 Å². The van der Waals surface area contributed by atoms with Gasteiger partial charge in [0, 0.05) is 6.54 Å². The highest BCUT2D eigenvalue weighted by Gasteiger charge is 1.95. The van der Waals surface area contributed by atoms with Crippen LogP contribution in [0, 0.1) is 0 Å². The van der Waals surface area contributed by atoms with Crippen molar-refractivity contribution in [1.82, 2.24) is 5.48 Å². The van der Waals surface area contributed by atoms with Gasteiger partial charge in [-0.1, -0.05) is 12.8 Å². The third-order valence-electron chi connectivity index (χ3n) is 1.37. The Bertz CT molecular complexity index is 39.5. The van der Waals surface area contributed by atoms with Crippen molar-refractivity contribution < 1.29 is 9.88 Å². The van der Waals surface area contributed by atoms with Gasteiger partial charge in [-0.2, -0.15) is 5.48 Å². The van der Waals surface area contributed by atoms with Crippen LogP contribution in [-0.4, -0.2) is 13.2 Å². The topological polar surface area (TPSA) is 30.5 Å². The van der Waals surface area contributed by atoms with Crippen molar-refractivity contribution >= 4 is 0 Å². The predicted molar refractivity (Wildman–Crippen MR) is 33.5 cm³/mol. The third-order valence-corrected chi connectivity index (χ3v) is 1.37. The number of hydrogen-bond acceptors (Lipinski definition) is 3. The molecule has 0 aromatic rings. The molecule has 0 amide bonds. The van der Waals surface area contributed by atoms with Gasteiger partial charge >= 0.3 is 0 Å². The summed E-state index contributed by atoms with van der Waals surface area (Å²) >= 11 is 0. The molecule has 1 aliphatic heterocycles. The Hall–Kier alpha value is -0.120. The first-order chi connectivity index (χ1) is 4.50. The van der Waals surface area contributed by atoms with E-state index in [0.29, 0.717) is 6.61 Å². The standard InChI is InChI=1S/C6H13NO2/c1-2-4-6-8-9-7-5-3-1/h7H,1-6H2. The lowest BCUT2D eigenvalue weighted by molar-refractivity contribution is -0.335. The maximum Gasteiger partial charge on any atom is 0.0842 e. The summed E-state index contributed by atoms with van der Waals surface area (Å²) in [4.78, 5) is 9.35. The van der Waals surface area contributed by atoms with Crippen molar-refractivity contribution in [2.75, 3.05) is 13.2 Å². The fraction of sp³-hybridized carbons (Fsp3) is 1.00. The molecule has 0 aromatic heterocycles. The summed E-state index contributed by atoms with van der Waals surface area (Å²) in [5.74, 6) is 0. The lowest BCUT2D eigenvalue weighted by Crippen LogP contribution is -2.15. The van der Waals surface area contributed by atoms with Crippen molar-refractivity contribution in [2.24, 2.45) is 0 Å². The van der Waals surface area contributed by atoms with E-state index < -0.39 is 0 Å². The average molecular weight is 131 g/mol. The molecule has 0 radical (unpaired) electrons. The van der Waals surface area contributed by atoms with Crippen molar-refractivity contribution in [3.8, 4) is 0 Å². The van der Waals surface area contributed by atoms with Gasteiger partial charge in [0.2, 0.25) is 0 Å². The molecule has 0 aromatic carbocycles. The highest BCUT2D eigenvalue weighted by atomic mass is 17.3. The zero-order valence-electron chi connectivity index (χ0n) is 5.56. The van der Waals surface area contributed by atoms with Crippen molar-refractivity contribution in [3.63, 3.8) is 0 Å². The van der Waals surface area contributed by atoms with Gasteiger partial charge in [0.15, 0.2) is 0 Å². The number of rotatable bonds is 0. The smallest absolute Gasteiger partial charge is 0.0842 e. The molecule has 9 heavy (non-hydrogen) atoms. The van der Waals surface area contributed by atoms with Gasteiger partial charge in [-0.3, -0.25) is 0 Å². The fourth-order valence-electron chi connectivity index (χ4n) is 0.837. The molecule has 0 saturated carbocycles. The van der Waals surface area contributed by atoms with E-state index in [1.165, 1.54) is 19.3 Å². The molecule has 54 valence electrons. The van der Waals surface area contributed by atoms with Gasteiger partial charge < -0.3 is 0 Å². The minimum Gasteiger partial charge on any atom is -0.218 e. The first-order valence-electron chi connectivity index (χ1n) is 3.51. The minimum atomic E-state index is 0.715. The summed E-state index contributed by atoms with van der Waals surface area (Å²) < 4.78 is 0. The molecule has 1 rings (SSSR count). The molecule has 1 aliphatic rings. The van der Waals surface area contributed by atoms with Crippen LogP contribution in [0.5, 0.6) is 0 Å². The Balaban J connectivity index is 2.02. The van der Waals surface area contributed by atoms with E-state index in [1.807, 2.05) is 0 Å². The van der Waals surface area contributed by atoms with E-state index in [0.717, 1.165) is 13.0 Å². The Labute approximate surface area is 55.2 Å². The van der Waals surface area contributed by atoms with E-state index in [2.05, 4.69) is 10.5 Å². The van der Waals surface area contributed by atoms with Gasteiger partial charge in [-0.25, -0.2) is 4.89 Å². The zero-order chi connectivity index (χ0) is 6.36. The number of hydrogen-bond donors (Lipinski definition) is 1. The van der Waals surface area contributed by atoms with Crippen LogP contribution >= 0.6 is 0 Å². The molecule has 3 heteroatoms. The summed E-state index contributed by atoms with van der Waals surface area (Å²) in [6.45, 7) is 1.62. The Morgan fingerprint density at radius 3 is 2.89 bits per heavy atom. The van der Waals surface area contributed by atoms with Gasteiger partial charge in [0.25, 0.3) is 0 Å². The van der Waals surface area contributed by atoms with E-state index in [1.54, 1.807) is 0 Å². The van der Waals surface area contributed by atoms with Gasteiger partial charge in [-0.15, -0.1) is 4.99 Å². The second-order valence-electron chi connectivity index (χ2n) is 2.21. The summed E-state index contributed by atoms with van der Waals surface area (Å²) in [6, 6.07) is 0. The summed E-state index contributed by atoms with van der Waals surface area (Å²) in [6.07, 6.45) is 4.83. The van der Waals surface area contributed by atoms with E-state index in [9.17, 15) is 0 Å². The van der Waals surface area contributed by atoms with E-state index in [4.69, 9.17) is 4.89 Å². The third kappa shape index (κ3) is 3.46. The van der Waals surface area contributed by atoms with Crippen LogP contribution in [0.2, 0.25) is 0 Å². The summed E-state index contributed by atoms with van der Waals surface area (Å²) in [5, 5.41) is 0. The molecule has 0 spiro atoms. The lowest BCUT2D eigenvalue weighted by atomic mass is 10.2. The normalized spacial score (nSPS) is 24.0. The van der Waals surface area contributed by atoms with Gasteiger partial charge in [-0.05, 0) is 12.8 Å². The second-order valence-corrected chi connectivity index (χ2v) is 2.21. The molecular weight excluding hydrogens is 118 g/mol. The minimum absolute atomic E-state index is 0.715. The second kappa shape index (κ2) is 4.73. The number of nitrogens with one attached hydrogen (secondary N) is 1. The average Bonchev–Trinajstić information content (AvgIpc) is 2.00. The van der Waals surface area contributed by atoms with Crippen LogP contribution in [0.1, 0.15) is 25.7 Å². The van der Waals surface area contributed by atoms with Gasteiger partial charge in [0.05, 0.1) is 6.61 Å². The zero-order valence-corrected chi connectivity index (χ0v) is 5.56. The summed E-state index contributed by atoms with van der Waals surface area (Å²) in [7, 11) is 0. The molecule has 1 fully saturated rings. The molecule has 1 N–H and O–H groups in total. The van der Waals surface area contributed by atoms with Crippen molar-refractivity contribution in [1.29, 1.82) is 0 Å². The predicted octanol–water partition coefficient (Wildman–Crippen LogP) is 1.01. The molecular formula is C6H13NO2. The van der Waals surface area contributed by atoms with Crippen LogP contribution in [0.25, 0.3) is 0 Å². The maximum absolute atomic E-state index is 4.74. The van der Waals surface area contributed by atoms with Crippen molar-refractivity contribution in [2.45, 2.75) is 25.7 Å². The van der Waals surface area contributed by atoms with Crippen LogP contribution in [0.4, 0.5) is 0 Å². The highest BCUT2D eigenvalue weighted by molar-refractivity contribution is 4.43. The molecule has 1 saturated heterocycles. The Kier molecular flexibility index (Phi) is 3.68. The molecule has 0 atom stereocenters. The lowest BCUT2D eigenvalue weighted by Gasteiger charge is -1.98. The van der Waals surface area contributed by atoms with Crippen LogP contribution < -0.4 is 5.48 Å². The van der Waals surface area contributed by atoms with Crippen LogP contribution in [0.3, 0.4) is 0 Å². The molecule has 0 aliphatic carbocycles. The fourth-order valence-corrected chi connectivity index (χ4v) is 0.837. The maximum atomic E-state index is 4.74. The van der Waals surface area contributed by atoms with Crippen LogP contribution in [0.15, 0.2) is 0 Å². The van der Waals surface area contributed by atoms with E-state index in [-0.39, 0.29) is 0 Å². The van der Waals surface area contributed by atoms with E-state index >= 15 is 0 Å². The quantitative estimate of drug-likeness (QED) is 0.498. The van der Waals surface area contributed by atoms with Crippen LogP contribution in [-0.2, 0) is 9.88 Å². The Morgan fingerprint density at radius 1 is 1.00 bits per heavy atom.